The lowest BCUT2D eigenvalue weighted by atomic mass is 9.95. The van der Waals surface area contributed by atoms with Gasteiger partial charge in [0, 0.05) is 16.3 Å². The molecular formula is C14H19BrO2. The Kier molecular flexibility index (Phi) is 4.10. The van der Waals surface area contributed by atoms with Crippen LogP contribution in [0.2, 0.25) is 0 Å². The third-order valence-corrected chi connectivity index (χ3v) is 4.57. The number of rotatable bonds is 3. The topological polar surface area (TPSA) is 18.5 Å². The Morgan fingerprint density at radius 3 is 2.82 bits per heavy atom. The molecule has 1 aromatic rings. The second-order valence-corrected chi connectivity index (χ2v) is 5.77. The van der Waals surface area contributed by atoms with E-state index in [1.807, 2.05) is 6.07 Å². The van der Waals surface area contributed by atoms with Crippen molar-refractivity contribution < 1.29 is 9.47 Å². The first-order valence-electron chi connectivity index (χ1n) is 6.02. The van der Waals surface area contributed by atoms with E-state index in [4.69, 9.17) is 9.47 Å². The van der Waals surface area contributed by atoms with E-state index in [-0.39, 0.29) is 0 Å². The predicted octanol–water partition coefficient (Wildman–Crippen LogP) is 3.86. The van der Waals surface area contributed by atoms with Gasteiger partial charge in [-0.05, 0) is 26.3 Å². The van der Waals surface area contributed by atoms with Crippen LogP contribution in [0.15, 0.2) is 18.2 Å². The second kappa shape index (κ2) is 5.40. The third kappa shape index (κ3) is 2.83. The van der Waals surface area contributed by atoms with Gasteiger partial charge in [-0.2, -0.15) is 0 Å². The van der Waals surface area contributed by atoms with Gasteiger partial charge in [0.25, 0.3) is 0 Å². The maximum Gasteiger partial charge on any atom is 0.123 e. The van der Waals surface area contributed by atoms with Crippen molar-refractivity contribution in [1.82, 2.24) is 0 Å². The fraction of sp³-hybridized carbons (Fsp3) is 0.571. The molecule has 0 bridgehead atoms. The molecule has 3 atom stereocenters. The monoisotopic (exact) mass is 298 g/mol. The number of hydrogen-bond donors (Lipinski definition) is 0. The summed E-state index contributed by atoms with van der Waals surface area (Å²) >= 11 is 3.81. The van der Waals surface area contributed by atoms with Gasteiger partial charge >= 0.3 is 0 Å². The van der Waals surface area contributed by atoms with Crippen LogP contribution in [0.5, 0.6) is 5.75 Å². The highest BCUT2D eigenvalue weighted by molar-refractivity contribution is 9.09. The van der Waals surface area contributed by atoms with Gasteiger partial charge in [0.1, 0.15) is 5.75 Å². The van der Waals surface area contributed by atoms with Crippen LogP contribution in [0.1, 0.15) is 29.3 Å². The largest absolute Gasteiger partial charge is 0.496 e. The van der Waals surface area contributed by atoms with Crippen molar-refractivity contribution in [2.24, 2.45) is 5.92 Å². The van der Waals surface area contributed by atoms with Gasteiger partial charge in [0.05, 0.1) is 19.8 Å². The molecule has 0 spiro atoms. The van der Waals surface area contributed by atoms with Gasteiger partial charge < -0.3 is 9.47 Å². The number of hydrogen-bond acceptors (Lipinski definition) is 2. The average Bonchev–Trinajstić information content (AvgIpc) is 2.75. The zero-order chi connectivity index (χ0) is 12.4. The minimum absolute atomic E-state index is 0.308. The van der Waals surface area contributed by atoms with Crippen molar-refractivity contribution in [3.63, 3.8) is 0 Å². The van der Waals surface area contributed by atoms with E-state index in [0.29, 0.717) is 16.8 Å². The van der Waals surface area contributed by atoms with E-state index in [9.17, 15) is 0 Å². The van der Waals surface area contributed by atoms with Crippen LogP contribution in [0, 0.1) is 12.8 Å². The maximum atomic E-state index is 5.64. The molecule has 94 valence electrons. The molecule has 0 amide bonds. The van der Waals surface area contributed by atoms with Crippen LogP contribution in [-0.2, 0) is 4.74 Å². The molecule has 3 heteroatoms. The summed E-state index contributed by atoms with van der Waals surface area (Å²) in [5.74, 6) is 1.48. The predicted molar refractivity (Wildman–Crippen MR) is 72.9 cm³/mol. The summed E-state index contributed by atoms with van der Waals surface area (Å²) in [6.45, 7) is 5.07. The fourth-order valence-corrected chi connectivity index (χ4v) is 3.10. The van der Waals surface area contributed by atoms with Crippen LogP contribution >= 0.6 is 15.9 Å². The smallest absolute Gasteiger partial charge is 0.123 e. The number of aryl methyl sites for hydroxylation is 1. The minimum Gasteiger partial charge on any atom is -0.496 e. The Balaban J connectivity index is 2.23. The summed E-state index contributed by atoms with van der Waals surface area (Å²) in [6.07, 6.45) is 1.48. The summed E-state index contributed by atoms with van der Waals surface area (Å²) in [7, 11) is 1.72. The van der Waals surface area contributed by atoms with E-state index in [2.05, 4.69) is 41.9 Å². The van der Waals surface area contributed by atoms with Gasteiger partial charge in [-0.15, -0.1) is 0 Å². The molecule has 2 rings (SSSR count). The summed E-state index contributed by atoms with van der Waals surface area (Å²) in [4.78, 5) is 0.308. The lowest BCUT2D eigenvalue weighted by molar-refractivity contribution is 0.120. The normalized spacial score (nSPS) is 25.9. The molecule has 0 aromatic heterocycles. The zero-order valence-corrected chi connectivity index (χ0v) is 12.2. The summed E-state index contributed by atoms with van der Waals surface area (Å²) in [6, 6.07) is 6.31. The molecule has 1 fully saturated rings. The van der Waals surface area contributed by atoms with Gasteiger partial charge in [-0.3, -0.25) is 0 Å². The molecule has 1 saturated heterocycles. The SMILES string of the molecule is COc1ccc(C)cc1C(Br)C1COC(C)C1. The highest BCUT2D eigenvalue weighted by atomic mass is 79.9. The third-order valence-electron chi connectivity index (χ3n) is 3.33. The molecule has 1 aromatic carbocycles. The Labute approximate surface area is 111 Å². The summed E-state index contributed by atoms with van der Waals surface area (Å²) < 4.78 is 11.1. The Hall–Kier alpha value is -0.540. The quantitative estimate of drug-likeness (QED) is 0.789. The number of methoxy groups -OCH3 is 1. The van der Waals surface area contributed by atoms with Gasteiger partial charge in [0.15, 0.2) is 0 Å². The van der Waals surface area contributed by atoms with E-state index < -0.39 is 0 Å². The van der Waals surface area contributed by atoms with Crippen molar-refractivity contribution in [3.8, 4) is 5.75 Å². The number of benzene rings is 1. The molecular weight excluding hydrogens is 280 g/mol. The molecule has 2 nitrogen and oxygen atoms in total. The molecule has 1 heterocycles. The van der Waals surface area contributed by atoms with Crippen LogP contribution < -0.4 is 4.74 Å². The first-order chi connectivity index (χ1) is 8.11. The first kappa shape index (κ1) is 12.9. The van der Waals surface area contributed by atoms with Crippen LogP contribution in [0.25, 0.3) is 0 Å². The van der Waals surface area contributed by atoms with Crippen LogP contribution in [0.3, 0.4) is 0 Å². The van der Waals surface area contributed by atoms with E-state index >= 15 is 0 Å². The minimum atomic E-state index is 0.308. The molecule has 0 N–H and O–H groups in total. The second-order valence-electron chi connectivity index (χ2n) is 4.79. The summed E-state index contributed by atoms with van der Waals surface area (Å²) in [5, 5.41) is 0. The van der Waals surface area contributed by atoms with Gasteiger partial charge in [-0.25, -0.2) is 0 Å². The first-order valence-corrected chi connectivity index (χ1v) is 6.93. The summed E-state index contributed by atoms with van der Waals surface area (Å²) in [5.41, 5.74) is 2.49. The zero-order valence-electron chi connectivity index (χ0n) is 10.6. The van der Waals surface area contributed by atoms with Crippen molar-refractivity contribution in [2.45, 2.75) is 31.2 Å². The maximum absolute atomic E-state index is 5.64. The fourth-order valence-electron chi connectivity index (χ4n) is 2.38. The van der Waals surface area contributed by atoms with E-state index in [1.54, 1.807) is 7.11 Å². The highest BCUT2D eigenvalue weighted by Crippen LogP contribution is 2.41. The van der Waals surface area contributed by atoms with E-state index in [1.165, 1.54) is 11.1 Å². The average molecular weight is 299 g/mol. The molecule has 0 radical (unpaired) electrons. The van der Waals surface area contributed by atoms with Crippen molar-refractivity contribution in [3.05, 3.63) is 29.3 Å². The Morgan fingerprint density at radius 2 is 2.24 bits per heavy atom. The Bertz CT molecular complexity index is 392. The highest BCUT2D eigenvalue weighted by Gasteiger charge is 2.30. The standard InChI is InChI=1S/C14H19BrO2/c1-9-4-5-13(16-3)12(6-9)14(15)11-7-10(2)17-8-11/h4-6,10-11,14H,7-8H2,1-3H3. The molecule has 1 aliphatic heterocycles. The molecule has 3 unspecified atom stereocenters. The van der Waals surface area contributed by atoms with Crippen LogP contribution in [-0.4, -0.2) is 19.8 Å². The van der Waals surface area contributed by atoms with Crippen molar-refractivity contribution >= 4 is 15.9 Å². The van der Waals surface area contributed by atoms with Gasteiger partial charge in [-0.1, -0.05) is 33.6 Å². The molecule has 17 heavy (non-hydrogen) atoms. The van der Waals surface area contributed by atoms with Crippen LogP contribution in [0.4, 0.5) is 0 Å². The van der Waals surface area contributed by atoms with E-state index in [0.717, 1.165) is 18.8 Å². The molecule has 1 aliphatic rings. The van der Waals surface area contributed by atoms with Crippen molar-refractivity contribution in [2.75, 3.05) is 13.7 Å². The number of halogens is 1. The Morgan fingerprint density at radius 1 is 1.47 bits per heavy atom. The number of ether oxygens (including phenoxy) is 2. The molecule has 0 aliphatic carbocycles. The van der Waals surface area contributed by atoms with Gasteiger partial charge in [0.2, 0.25) is 0 Å². The number of alkyl halides is 1. The van der Waals surface area contributed by atoms with Crippen molar-refractivity contribution in [1.29, 1.82) is 0 Å². The molecule has 0 saturated carbocycles. The lowest BCUT2D eigenvalue weighted by Gasteiger charge is -2.19. The lowest BCUT2D eigenvalue weighted by Crippen LogP contribution is -2.09.